The largest absolute Gasteiger partial charge is 0.508 e. The second-order valence-electron chi connectivity index (χ2n) is 6.10. The third kappa shape index (κ3) is 2.81. The Morgan fingerprint density at radius 3 is 2.40 bits per heavy atom. The number of ether oxygens (including phenoxy) is 3. The number of esters is 1. The maximum absolute atomic E-state index is 12.2. The molecule has 0 aromatic rings. The van der Waals surface area contributed by atoms with Crippen LogP contribution in [-0.2, 0) is 19.0 Å². The van der Waals surface area contributed by atoms with E-state index in [1.807, 2.05) is 0 Å². The fourth-order valence-corrected chi connectivity index (χ4v) is 2.77. The van der Waals surface area contributed by atoms with Crippen molar-refractivity contribution in [2.45, 2.75) is 38.7 Å². The molecule has 0 bridgehead atoms. The molecule has 1 radical (unpaired) electrons. The molecule has 0 atom stereocenters. The van der Waals surface area contributed by atoms with Crippen molar-refractivity contribution in [2.75, 3.05) is 13.2 Å². The van der Waals surface area contributed by atoms with Crippen LogP contribution in [0.5, 0.6) is 0 Å². The predicted octanol–water partition coefficient (Wildman–Crippen LogP) is 2.41. The highest BCUT2D eigenvalue weighted by molar-refractivity contribution is 5.78. The molecule has 1 heterocycles. The first-order valence-electron chi connectivity index (χ1n) is 7.12. The van der Waals surface area contributed by atoms with E-state index >= 15 is 0 Å². The van der Waals surface area contributed by atoms with Gasteiger partial charge in [-0.1, -0.05) is 11.6 Å². The summed E-state index contributed by atoms with van der Waals surface area (Å²) < 4.78 is 15.2. The number of hydrogen-bond acceptors (Lipinski definition) is 5. The average molecular weight is 279 g/mol. The molecule has 109 valence electrons. The van der Waals surface area contributed by atoms with Crippen LogP contribution >= 0.6 is 0 Å². The molecule has 0 amide bonds. The van der Waals surface area contributed by atoms with Gasteiger partial charge in [0.2, 0.25) is 0 Å². The lowest BCUT2D eigenvalue weighted by atomic mass is 9.85. The molecule has 2 aliphatic carbocycles. The van der Waals surface area contributed by atoms with E-state index in [1.165, 1.54) is 5.57 Å². The van der Waals surface area contributed by atoms with Crippen molar-refractivity contribution < 1.29 is 23.8 Å². The maximum Gasteiger partial charge on any atom is 0.508 e. The fourth-order valence-electron chi connectivity index (χ4n) is 2.77. The van der Waals surface area contributed by atoms with E-state index in [0.717, 1.165) is 25.7 Å². The van der Waals surface area contributed by atoms with Crippen molar-refractivity contribution >= 4 is 12.1 Å². The third-order valence-corrected chi connectivity index (χ3v) is 4.29. The summed E-state index contributed by atoms with van der Waals surface area (Å²) >= 11 is 0. The van der Waals surface area contributed by atoms with Gasteiger partial charge in [-0.15, -0.1) is 0 Å². The summed E-state index contributed by atoms with van der Waals surface area (Å²) in [4.78, 5) is 23.1. The highest BCUT2D eigenvalue weighted by Gasteiger charge is 2.43. The van der Waals surface area contributed by atoms with E-state index in [-0.39, 0.29) is 25.3 Å². The summed E-state index contributed by atoms with van der Waals surface area (Å²) in [5.41, 5.74) is 0.576. The summed E-state index contributed by atoms with van der Waals surface area (Å²) in [6.07, 6.45) is 7.52. The predicted molar refractivity (Wildman–Crippen MR) is 69.6 cm³/mol. The van der Waals surface area contributed by atoms with Crippen molar-refractivity contribution in [1.82, 2.24) is 0 Å². The van der Waals surface area contributed by atoms with Crippen molar-refractivity contribution in [3.05, 3.63) is 18.1 Å². The van der Waals surface area contributed by atoms with Crippen LogP contribution in [0.4, 0.5) is 4.79 Å². The molecule has 3 aliphatic rings. The van der Waals surface area contributed by atoms with Gasteiger partial charge in [0.15, 0.2) is 0 Å². The quantitative estimate of drug-likeness (QED) is 0.742. The van der Waals surface area contributed by atoms with Crippen LogP contribution < -0.4 is 0 Å². The highest BCUT2D eigenvalue weighted by atomic mass is 16.7. The van der Waals surface area contributed by atoms with E-state index < -0.39 is 11.6 Å². The molecule has 0 aromatic heterocycles. The number of hydrogen-bond donors (Lipinski definition) is 0. The molecule has 5 nitrogen and oxygen atoms in total. The molecule has 1 aliphatic heterocycles. The molecule has 0 unspecified atom stereocenters. The second-order valence-corrected chi connectivity index (χ2v) is 6.10. The second kappa shape index (κ2) is 5.11. The molecule has 3 rings (SSSR count). The number of rotatable bonds is 3. The van der Waals surface area contributed by atoms with Gasteiger partial charge in [-0.3, -0.25) is 4.79 Å². The van der Waals surface area contributed by atoms with Crippen molar-refractivity contribution in [3.8, 4) is 0 Å². The Balaban J connectivity index is 1.49. The number of carbonyl (C=O) groups is 2. The van der Waals surface area contributed by atoms with Gasteiger partial charge in [0.25, 0.3) is 0 Å². The van der Waals surface area contributed by atoms with Gasteiger partial charge in [-0.25, -0.2) is 4.79 Å². The van der Waals surface area contributed by atoms with E-state index in [2.05, 4.69) is 12.5 Å². The average Bonchev–Trinajstić information content (AvgIpc) is 3.28. The first kappa shape index (κ1) is 13.5. The van der Waals surface area contributed by atoms with E-state index in [1.54, 1.807) is 6.92 Å². The lowest BCUT2D eigenvalue weighted by Crippen LogP contribution is -2.45. The van der Waals surface area contributed by atoms with Gasteiger partial charge in [0, 0.05) is 6.42 Å². The van der Waals surface area contributed by atoms with Gasteiger partial charge in [0.1, 0.15) is 24.7 Å². The molecule has 0 N–H and O–H groups in total. The Bertz CT molecular complexity index is 435. The van der Waals surface area contributed by atoms with Crippen LogP contribution in [0.25, 0.3) is 0 Å². The molecule has 0 spiro atoms. The molecule has 0 aromatic carbocycles. The van der Waals surface area contributed by atoms with Crippen LogP contribution in [-0.4, -0.2) is 31.4 Å². The summed E-state index contributed by atoms with van der Waals surface area (Å²) in [6.45, 7) is 1.76. The fraction of sp³-hybridized carbons (Fsp3) is 0.667. The number of cyclic esters (lactones) is 2. The Kier molecular flexibility index (Phi) is 3.44. The molecule has 2 fully saturated rings. The molecular weight excluding hydrogens is 260 g/mol. The van der Waals surface area contributed by atoms with Crippen LogP contribution in [0.2, 0.25) is 0 Å². The topological polar surface area (TPSA) is 61.8 Å². The monoisotopic (exact) mass is 279 g/mol. The van der Waals surface area contributed by atoms with Gasteiger partial charge in [-0.2, -0.15) is 0 Å². The Hall–Kier alpha value is -1.52. The summed E-state index contributed by atoms with van der Waals surface area (Å²) in [6, 6.07) is 0. The standard InChI is InChI=1S/C15H19O5/c1-15(8-18-14(17)19-9-15)13(16)20-12-6-4-11(5-7-12)10-2-3-10/h2-3,11-12H,4-9H2,1H3. The minimum Gasteiger partial charge on any atom is -0.462 e. The summed E-state index contributed by atoms with van der Waals surface area (Å²) in [7, 11) is 0. The lowest BCUT2D eigenvalue weighted by Gasteiger charge is -2.33. The molecule has 1 saturated carbocycles. The zero-order chi connectivity index (χ0) is 14.2. The smallest absolute Gasteiger partial charge is 0.462 e. The Morgan fingerprint density at radius 1 is 1.25 bits per heavy atom. The van der Waals surface area contributed by atoms with Crippen LogP contribution in [0.15, 0.2) is 11.6 Å². The van der Waals surface area contributed by atoms with Crippen molar-refractivity contribution in [2.24, 2.45) is 11.3 Å². The lowest BCUT2D eigenvalue weighted by molar-refractivity contribution is -0.173. The minimum atomic E-state index is -0.877. The minimum absolute atomic E-state index is 0.0208. The summed E-state index contributed by atoms with van der Waals surface area (Å²) in [5.74, 6) is 0.324. The Labute approximate surface area is 118 Å². The van der Waals surface area contributed by atoms with E-state index in [0.29, 0.717) is 5.92 Å². The van der Waals surface area contributed by atoms with Gasteiger partial charge in [-0.05, 0) is 38.5 Å². The van der Waals surface area contributed by atoms with Gasteiger partial charge >= 0.3 is 12.1 Å². The van der Waals surface area contributed by atoms with Gasteiger partial charge < -0.3 is 14.2 Å². The molecule has 20 heavy (non-hydrogen) atoms. The summed E-state index contributed by atoms with van der Waals surface area (Å²) in [5, 5.41) is 0. The molecule has 5 heteroatoms. The van der Waals surface area contributed by atoms with Crippen LogP contribution in [0.1, 0.15) is 32.6 Å². The highest BCUT2D eigenvalue weighted by Crippen LogP contribution is 2.38. The normalized spacial score (nSPS) is 31.6. The van der Waals surface area contributed by atoms with Gasteiger partial charge in [0.05, 0.1) is 0 Å². The number of allylic oxidation sites excluding steroid dienone is 2. The van der Waals surface area contributed by atoms with Crippen molar-refractivity contribution in [1.29, 1.82) is 0 Å². The Morgan fingerprint density at radius 2 is 1.85 bits per heavy atom. The number of carbonyl (C=O) groups excluding carboxylic acids is 2. The van der Waals surface area contributed by atoms with E-state index in [4.69, 9.17) is 14.2 Å². The third-order valence-electron chi connectivity index (χ3n) is 4.29. The SMILES string of the molecule is CC1(C(=O)OC2CCC(C3=C[CH]3)CC2)COC(=O)OC1. The van der Waals surface area contributed by atoms with Crippen molar-refractivity contribution in [3.63, 3.8) is 0 Å². The zero-order valence-corrected chi connectivity index (χ0v) is 11.6. The van der Waals surface area contributed by atoms with E-state index in [9.17, 15) is 9.59 Å². The first-order valence-corrected chi connectivity index (χ1v) is 7.12. The van der Waals surface area contributed by atoms with Crippen LogP contribution in [0.3, 0.4) is 0 Å². The maximum atomic E-state index is 12.2. The zero-order valence-electron chi connectivity index (χ0n) is 11.6. The van der Waals surface area contributed by atoms with Crippen LogP contribution in [0, 0.1) is 17.8 Å². The molecular formula is C15H19O5. The first-order chi connectivity index (χ1) is 9.57. The molecule has 1 saturated heterocycles.